The first kappa shape index (κ1) is 25.4. The van der Waals surface area contributed by atoms with Crippen molar-refractivity contribution < 1.29 is 14.5 Å². The molecule has 0 saturated carbocycles. The summed E-state index contributed by atoms with van der Waals surface area (Å²) in [7, 11) is 0. The lowest BCUT2D eigenvalue weighted by atomic mass is 9.96. The number of thiophene rings is 1. The monoisotopic (exact) mass is 610 g/mol. The number of hydrogen-bond donors (Lipinski definition) is 1. The molecule has 0 fully saturated rings. The van der Waals surface area contributed by atoms with E-state index in [4.69, 9.17) is 4.74 Å². The number of anilines is 1. The third-order valence-corrected chi connectivity index (χ3v) is 7.71. The lowest BCUT2D eigenvalue weighted by Crippen LogP contribution is -2.13. The van der Waals surface area contributed by atoms with E-state index in [1.807, 2.05) is 6.07 Å². The fourth-order valence-electron chi connectivity index (χ4n) is 3.90. The van der Waals surface area contributed by atoms with Crippen molar-refractivity contribution >= 4 is 56.6 Å². The van der Waals surface area contributed by atoms with Gasteiger partial charge in [0.2, 0.25) is 0 Å². The Hall–Kier alpha value is -3.74. The zero-order chi connectivity index (χ0) is 25.7. The molecule has 10 heteroatoms. The quantitative estimate of drug-likeness (QED) is 0.113. The zero-order valence-corrected chi connectivity index (χ0v) is 21.9. The minimum atomic E-state index is -0.561. The highest BCUT2D eigenvalue weighted by Gasteiger charge is 2.22. The van der Waals surface area contributed by atoms with E-state index in [0.717, 1.165) is 39.7 Å². The summed E-state index contributed by atoms with van der Waals surface area (Å²) in [5.41, 5.74) is 2.74. The van der Waals surface area contributed by atoms with Crippen molar-refractivity contribution in [1.29, 1.82) is 10.5 Å². The summed E-state index contributed by atoms with van der Waals surface area (Å²) in [6.45, 7) is 0.157. The maximum absolute atomic E-state index is 12.8. The van der Waals surface area contributed by atoms with Crippen molar-refractivity contribution in [2.45, 2.75) is 32.3 Å². The number of halogens is 1. The van der Waals surface area contributed by atoms with Gasteiger partial charge in [-0.1, -0.05) is 18.2 Å². The molecule has 1 amide bonds. The van der Waals surface area contributed by atoms with Crippen LogP contribution in [0.2, 0.25) is 0 Å². The molecule has 1 heterocycles. The van der Waals surface area contributed by atoms with Crippen molar-refractivity contribution in [3.8, 4) is 17.9 Å². The Morgan fingerprint density at radius 2 is 2.03 bits per heavy atom. The molecular weight excluding hydrogens is 591 g/mol. The number of non-ortho nitro benzene ring substituents is 1. The van der Waals surface area contributed by atoms with Crippen molar-refractivity contribution in [3.63, 3.8) is 0 Å². The molecule has 0 aliphatic heterocycles. The summed E-state index contributed by atoms with van der Waals surface area (Å²) >= 11 is 3.50. The van der Waals surface area contributed by atoms with Crippen LogP contribution in [0.3, 0.4) is 0 Å². The minimum Gasteiger partial charge on any atom is -0.488 e. The highest BCUT2D eigenvalue weighted by Crippen LogP contribution is 2.37. The average Bonchev–Trinajstić information content (AvgIpc) is 3.23. The number of aryl methyl sites for hydroxylation is 1. The number of benzene rings is 2. The molecule has 0 saturated heterocycles. The highest BCUT2D eigenvalue weighted by molar-refractivity contribution is 14.1. The number of carbonyl (C=O) groups is 1. The Labute approximate surface area is 225 Å². The number of nitro benzene ring substituents is 1. The molecule has 0 unspecified atom stereocenters. The van der Waals surface area contributed by atoms with Crippen molar-refractivity contribution in [1.82, 2.24) is 0 Å². The standard InChI is InChI=1S/C26H19IN4O4S/c27-22-12-16(8-9-23(22)35-15-17-4-3-5-19(11-17)31(33)34)10-18(13-28)25(32)30-26-21(14-29)20-6-1-2-7-24(20)36-26/h3-5,8-12H,1-2,6-7,15H2,(H,30,32)/b18-10+. The van der Waals surface area contributed by atoms with Crippen LogP contribution in [0.1, 0.15) is 40.0 Å². The van der Waals surface area contributed by atoms with E-state index in [0.29, 0.717) is 27.4 Å². The maximum atomic E-state index is 12.8. The molecule has 3 aromatic rings. The first-order valence-electron chi connectivity index (χ1n) is 11.0. The lowest BCUT2D eigenvalue weighted by Gasteiger charge is -2.09. The fraction of sp³-hybridized carbons (Fsp3) is 0.192. The molecule has 0 atom stereocenters. The Bertz CT molecular complexity index is 1470. The van der Waals surface area contributed by atoms with Crippen LogP contribution in [-0.4, -0.2) is 10.8 Å². The van der Waals surface area contributed by atoms with Gasteiger partial charge in [0, 0.05) is 17.0 Å². The van der Waals surface area contributed by atoms with E-state index in [9.17, 15) is 25.4 Å². The van der Waals surface area contributed by atoms with Gasteiger partial charge in [0.05, 0.1) is 14.1 Å². The van der Waals surface area contributed by atoms with Gasteiger partial charge >= 0.3 is 0 Å². The SMILES string of the molecule is N#C/C(=C\c1ccc(OCc2cccc([N+](=O)[O-])c2)c(I)c1)C(=O)Nc1sc2c(c1C#N)CCCC2. The second kappa shape index (κ2) is 11.3. The van der Waals surface area contributed by atoms with Crippen LogP contribution in [0.5, 0.6) is 5.75 Å². The number of rotatable bonds is 7. The van der Waals surface area contributed by atoms with Gasteiger partial charge in [0.15, 0.2) is 0 Å². The summed E-state index contributed by atoms with van der Waals surface area (Å²) < 4.78 is 6.56. The topological polar surface area (TPSA) is 129 Å². The largest absolute Gasteiger partial charge is 0.488 e. The van der Waals surface area contributed by atoms with E-state index in [1.165, 1.54) is 29.5 Å². The molecule has 0 radical (unpaired) electrons. The van der Waals surface area contributed by atoms with Crippen LogP contribution in [0.15, 0.2) is 48.0 Å². The van der Waals surface area contributed by atoms with Crippen LogP contribution in [0, 0.1) is 36.3 Å². The number of ether oxygens (including phenoxy) is 1. The maximum Gasteiger partial charge on any atom is 0.269 e. The smallest absolute Gasteiger partial charge is 0.269 e. The molecule has 1 aromatic heterocycles. The Morgan fingerprint density at radius 3 is 2.75 bits per heavy atom. The van der Waals surface area contributed by atoms with E-state index in [2.05, 4.69) is 34.0 Å². The van der Waals surface area contributed by atoms with Gasteiger partial charge in [0.1, 0.15) is 35.1 Å². The van der Waals surface area contributed by atoms with E-state index >= 15 is 0 Å². The first-order chi connectivity index (χ1) is 17.4. The summed E-state index contributed by atoms with van der Waals surface area (Å²) in [5.74, 6) is 0.0126. The summed E-state index contributed by atoms with van der Waals surface area (Å²) in [6.07, 6.45) is 5.32. The summed E-state index contributed by atoms with van der Waals surface area (Å²) in [4.78, 5) is 24.5. The molecular formula is C26H19IN4O4S. The molecule has 4 rings (SSSR count). The van der Waals surface area contributed by atoms with Gasteiger partial charge in [-0.25, -0.2) is 0 Å². The van der Waals surface area contributed by atoms with Crippen molar-refractivity contribution in [3.05, 3.63) is 88.9 Å². The number of nitro groups is 1. The fourth-order valence-corrected chi connectivity index (χ4v) is 5.83. The Kier molecular flexibility index (Phi) is 7.98. The number of carbonyl (C=O) groups excluding carboxylic acids is 1. The summed E-state index contributed by atoms with van der Waals surface area (Å²) in [5, 5.41) is 33.4. The normalized spacial score (nSPS) is 12.7. The van der Waals surface area contributed by atoms with Crippen molar-refractivity contribution in [2.75, 3.05) is 5.32 Å². The number of nitriles is 2. The second-order valence-electron chi connectivity index (χ2n) is 8.06. The Balaban J connectivity index is 1.47. The number of nitrogens with one attached hydrogen (secondary N) is 1. The van der Waals surface area contributed by atoms with Crippen molar-refractivity contribution in [2.24, 2.45) is 0 Å². The first-order valence-corrected chi connectivity index (χ1v) is 12.9. The molecule has 0 spiro atoms. The minimum absolute atomic E-state index is 0.00167. The van der Waals surface area contributed by atoms with Crippen LogP contribution in [-0.2, 0) is 24.2 Å². The number of amides is 1. The zero-order valence-electron chi connectivity index (χ0n) is 18.9. The Morgan fingerprint density at radius 1 is 1.22 bits per heavy atom. The molecule has 1 aliphatic rings. The average molecular weight is 610 g/mol. The predicted molar refractivity (Wildman–Crippen MR) is 144 cm³/mol. The molecule has 2 aromatic carbocycles. The molecule has 1 aliphatic carbocycles. The van der Waals surface area contributed by atoms with Gasteiger partial charge in [-0.05, 0) is 83.2 Å². The third-order valence-electron chi connectivity index (χ3n) is 5.66. The molecule has 1 N–H and O–H groups in total. The van der Waals surface area contributed by atoms with Gasteiger partial charge < -0.3 is 10.1 Å². The second-order valence-corrected chi connectivity index (χ2v) is 10.3. The summed E-state index contributed by atoms with van der Waals surface area (Å²) in [6, 6.07) is 15.6. The molecule has 36 heavy (non-hydrogen) atoms. The van der Waals surface area contributed by atoms with Crippen LogP contribution >= 0.6 is 33.9 Å². The van der Waals surface area contributed by atoms with Gasteiger partial charge in [-0.3, -0.25) is 14.9 Å². The van der Waals surface area contributed by atoms with Crippen LogP contribution in [0.25, 0.3) is 6.08 Å². The van der Waals surface area contributed by atoms with Gasteiger partial charge in [-0.2, -0.15) is 10.5 Å². The van der Waals surface area contributed by atoms with Gasteiger partial charge in [0.25, 0.3) is 11.6 Å². The van der Waals surface area contributed by atoms with Crippen LogP contribution < -0.4 is 10.1 Å². The van der Waals surface area contributed by atoms with E-state index in [1.54, 1.807) is 30.3 Å². The van der Waals surface area contributed by atoms with E-state index < -0.39 is 10.8 Å². The molecule has 180 valence electrons. The predicted octanol–water partition coefficient (Wildman–Crippen LogP) is 6.14. The number of fused-ring (bicyclic) bond motifs is 1. The number of hydrogen-bond acceptors (Lipinski definition) is 7. The molecule has 0 bridgehead atoms. The highest BCUT2D eigenvalue weighted by atomic mass is 127. The third kappa shape index (κ3) is 5.73. The van der Waals surface area contributed by atoms with Crippen LogP contribution in [0.4, 0.5) is 10.7 Å². The lowest BCUT2D eigenvalue weighted by molar-refractivity contribution is -0.384. The number of nitrogens with zero attached hydrogens (tertiary/aromatic N) is 3. The van der Waals surface area contributed by atoms with E-state index in [-0.39, 0.29) is 17.9 Å². The van der Waals surface area contributed by atoms with Gasteiger partial charge in [-0.15, -0.1) is 11.3 Å². The molecule has 8 nitrogen and oxygen atoms in total.